The lowest BCUT2D eigenvalue weighted by atomic mass is 10.1. The summed E-state index contributed by atoms with van der Waals surface area (Å²) in [6.45, 7) is 8.49. The Hall–Kier alpha value is -2.21. The standard InChI is InChI=1S/C18H26N4O2/c1-4-9-19-16(23)12-22(10-5-2)13-17-20-18(21-24-17)15-8-6-7-14(3)11-15/h6-8,11H,4-5,9-10,12-13H2,1-3H3,(H,19,23). The summed E-state index contributed by atoms with van der Waals surface area (Å²) in [7, 11) is 0. The number of benzene rings is 1. The summed E-state index contributed by atoms with van der Waals surface area (Å²) in [4.78, 5) is 18.4. The van der Waals surface area contributed by atoms with E-state index in [1.807, 2.05) is 43.0 Å². The highest BCUT2D eigenvalue weighted by atomic mass is 16.5. The number of aryl methyl sites for hydroxylation is 1. The summed E-state index contributed by atoms with van der Waals surface area (Å²) < 4.78 is 5.36. The lowest BCUT2D eigenvalue weighted by molar-refractivity contribution is -0.122. The number of nitrogens with one attached hydrogen (secondary N) is 1. The SMILES string of the molecule is CCCNC(=O)CN(CCC)Cc1nc(-c2cccc(C)c2)no1. The van der Waals surface area contributed by atoms with Crippen LogP contribution in [0.2, 0.25) is 0 Å². The predicted molar refractivity (Wildman–Crippen MR) is 93.3 cm³/mol. The minimum Gasteiger partial charge on any atom is -0.355 e. The van der Waals surface area contributed by atoms with Gasteiger partial charge in [-0.3, -0.25) is 9.69 Å². The van der Waals surface area contributed by atoms with E-state index >= 15 is 0 Å². The number of hydrogen-bond donors (Lipinski definition) is 1. The van der Waals surface area contributed by atoms with Crippen LogP contribution >= 0.6 is 0 Å². The van der Waals surface area contributed by atoms with Crippen molar-refractivity contribution in [3.63, 3.8) is 0 Å². The van der Waals surface area contributed by atoms with Crippen LogP contribution in [0, 0.1) is 6.92 Å². The first-order valence-corrected chi connectivity index (χ1v) is 8.51. The molecule has 0 bridgehead atoms. The summed E-state index contributed by atoms with van der Waals surface area (Å²) in [6.07, 6.45) is 1.89. The maximum atomic E-state index is 11.9. The van der Waals surface area contributed by atoms with E-state index in [9.17, 15) is 4.79 Å². The monoisotopic (exact) mass is 330 g/mol. The van der Waals surface area contributed by atoms with E-state index in [4.69, 9.17) is 4.52 Å². The van der Waals surface area contributed by atoms with Gasteiger partial charge in [0, 0.05) is 12.1 Å². The second kappa shape index (κ2) is 9.17. The normalized spacial score (nSPS) is 11.0. The third-order valence-electron chi connectivity index (χ3n) is 3.58. The van der Waals surface area contributed by atoms with E-state index in [1.54, 1.807) is 0 Å². The zero-order valence-corrected chi connectivity index (χ0v) is 14.7. The lowest BCUT2D eigenvalue weighted by Crippen LogP contribution is -2.37. The topological polar surface area (TPSA) is 71.3 Å². The van der Waals surface area contributed by atoms with Crippen molar-refractivity contribution < 1.29 is 9.32 Å². The smallest absolute Gasteiger partial charge is 0.241 e. The molecule has 24 heavy (non-hydrogen) atoms. The first kappa shape index (κ1) is 18.1. The molecule has 1 amide bonds. The number of amides is 1. The van der Waals surface area contributed by atoms with Gasteiger partial charge in [0.2, 0.25) is 17.6 Å². The van der Waals surface area contributed by atoms with Gasteiger partial charge in [-0.2, -0.15) is 4.98 Å². The quantitative estimate of drug-likeness (QED) is 0.765. The highest BCUT2D eigenvalue weighted by Crippen LogP contribution is 2.17. The first-order chi connectivity index (χ1) is 11.6. The van der Waals surface area contributed by atoms with E-state index in [2.05, 4.69) is 22.4 Å². The molecule has 6 heteroatoms. The largest absolute Gasteiger partial charge is 0.355 e. The Balaban J connectivity index is 2.00. The molecule has 0 unspecified atom stereocenters. The Kier molecular flexibility index (Phi) is 6.93. The molecule has 0 fully saturated rings. The predicted octanol–water partition coefficient (Wildman–Crippen LogP) is 2.78. The van der Waals surface area contributed by atoms with Gasteiger partial charge in [0.25, 0.3) is 0 Å². The molecule has 1 aromatic carbocycles. The summed E-state index contributed by atoms with van der Waals surface area (Å²) >= 11 is 0. The van der Waals surface area contributed by atoms with Crippen molar-refractivity contribution in [2.45, 2.75) is 40.2 Å². The van der Waals surface area contributed by atoms with Crippen molar-refractivity contribution in [1.82, 2.24) is 20.4 Å². The molecule has 1 heterocycles. The minimum absolute atomic E-state index is 0.0312. The summed E-state index contributed by atoms with van der Waals surface area (Å²) in [5.41, 5.74) is 2.09. The zero-order valence-electron chi connectivity index (χ0n) is 14.7. The van der Waals surface area contributed by atoms with E-state index in [0.717, 1.165) is 30.5 Å². The molecule has 1 aromatic heterocycles. The molecule has 2 rings (SSSR count). The Morgan fingerprint density at radius 3 is 2.83 bits per heavy atom. The number of nitrogens with zero attached hydrogens (tertiary/aromatic N) is 3. The Morgan fingerprint density at radius 2 is 2.12 bits per heavy atom. The molecule has 0 spiro atoms. The van der Waals surface area contributed by atoms with Crippen LogP contribution in [0.5, 0.6) is 0 Å². The molecule has 0 saturated carbocycles. The number of rotatable bonds is 9. The van der Waals surface area contributed by atoms with E-state index in [-0.39, 0.29) is 5.91 Å². The second-order valence-corrected chi connectivity index (χ2v) is 5.94. The summed E-state index contributed by atoms with van der Waals surface area (Å²) in [6, 6.07) is 7.99. The van der Waals surface area contributed by atoms with Crippen molar-refractivity contribution in [1.29, 1.82) is 0 Å². The maximum Gasteiger partial charge on any atom is 0.241 e. The molecule has 0 aliphatic carbocycles. The van der Waals surface area contributed by atoms with Crippen molar-refractivity contribution in [2.75, 3.05) is 19.6 Å². The van der Waals surface area contributed by atoms with Crippen LogP contribution in [0.3, 0.4) is 0 Å². The molecular weight excluding hydrogens is 304 g/mol. The van der Waals surface area contributed by atoms with Gasteiger partial charge in [-0.25, -0.2) is 0 Å². The van der Waals surface area contributed by atoms with Gasteiger partial charge in [-0.1, -0.05) is 42.8 Å². The first-order valence-electron chi connectivity index (χ1n) is 8.51. The van der Waals surface area contributed by atoms with Crippen LogP contribution in [0.4, 0.5) is 0 Å². The number of carbonyl (C=O) groups excluding carboxylic acids is 1. The van der Waals surface area contributed by atoms with Crippen molar-refractivity contribution in [3.8, 4) is 11.4 Å². The number of aromatic nitrogens is 2. The molecule has 0 saturated heterocycles. The van der Waals surface area contributed by atoms with Gasteiger partial charge >= 0.3 is 0 Å². The van der Waals surface area contributed by atoms with Gasteiger partial charge in [0.05, 0.1) is 13.1 Å². The third kappa shape index (κ3) is 5.45. The molecule has 0 radical (unpaired) electrons. The van der Waals surface area contributed by atoms with Gasteiger partial charge in [0.1, 0.15) is 0 Å². The molecule has 0 aliphatic heterocycles. The van der Waals surface area contributed by atoms with E-state index in [0.29, 0.717) is 31.3 Å². The maximum absolute atomic E-state index is 11.9. The number of hydrogen-bond acceptors (Lipinski definition) is 5. The van der Waals surface area contributed by atoms with E-state index in [1.165, 1.54) is 0 Å². The van der Waals surface area contributed by atoms with Crippen LogP contribution < -0.4 is 5.32 Å². The Morgan fingerprint density at radius 1 is 1.29 bits per heavy atom. The summed E-state index contributed by atoms with van der Waals surface area (Å²) in [5, 5.41) is 6.95. The highest BCUT2D eigenvalue weighted by Gasteiger charge is 2.15. The van der Waals surface area contributed by atoms with Gasteiger partial charge in [-0.05, 0) is 32.4 Å². The number of carbonyl (C=O) groups is 1. The Bertz CT molecular complexity index is 654. The van der Waals surface area contributed by atoms with Gasteiger partial charge in [-0.15, -0.1) is 0 Å². The fourth-order valence-electron chi connectivity index (χ4n) is 2.47. The molecule has 6 nitrogen and oxygen atoms in total. The van der Waals surface area contributed by atoms with Crippen LogP contribution in [0.1, 0.15) is 38.1 Å². The van der Waals surface area contributed by atoms with Crippen LogP contribution in [0.15, 0.2) is 28.8 Å². The zero-order chi connectivity index (χ0) is 17.4. The second-order valence-electron chi connectivity index (χ2n) is 5.94. The van der Waals surface area contributed by atoms with Crippen molar-refractivity contribution in [3.05, 3.63) is 35.7 Å². The molecular formula is C18H26N4O2. The fourth-order valence-corrected chi connectivity index (χ4v) is 2.47. The molecule has 0 atom stereocenters. The van der Waals surface area contributed by atoms with Crippen molar-refractivity contribution >= 4 is 5.91 Å². The average molecular weight is 330 g/mol. The Labute approximate surface area is 143 Å². The van der Waals surface area contributed by atoms with Crippen molar-refractivity contribution in [2.24, 2.45) is 0 Å². The highest BCUT2D eigenvalue weighted by molar-refractivity contribution is 5.77. The molecule has 1 N–H and O–H groups in total. The minimum atomic E-state index is 0.0312. The van der Waals surface area contributed by atoms with Gasteiger partial charge in [0.15, 0.2) is 0 Å². The molecule has 0 aliphatic rings. The summed E-state index contributed by atoms with van der Waals surface area (Å²) in [5.74, 6) is 1.15. The third-order valence-corrected chi connectivity index (χ3v) is 3.58. The lowest BCUT2D eigenvalue weighted by Gasteiger charge is -2.18. The van der Waals surface area contributed by atoms with E-state index < -0.39 is 0 Å². The van der Waals surface area contributed by atoms with Crippen LogP contribution in [-0.4, -0.2) is 40.6 Å². The van der Waals surface area contributed by atoms with Gasteiger partial charge < -0.3 is 9.84 Å². The molecule has 130 valence electrons. The molecule has 2 aromatic rings. The fraction of sp³-hybridized carbons (Fsp3) is 0.500. The average Bonchev–Trinajstić information content (AvgIpc) is 3.01. The van der Waals surface area contributed by atoms with Crippen LogP contribution in [0.25, 0.3) is 11.4 Å². The van der Waals surface area contributed by atoms with Crippen LogP contribution in [-0.2, 0) is 11.3 Å².